The number of hydrogen-bond donors (Lipinski definition) is 1. The molecule has 0 heterocycles. The molecule has 8 bridgehead atoms. The first-order valence-electron chi connectivity index (χ1n) is 27.7. The summed E-state index contributed by atoms with van der Waals surface area (Å²) in [5.41, 5.74) is -1.58. The van der Waals surface area contributed by atoms with Crippen molar-refractivity contribution >= 4 is 49.6 Å². The Morgan fingerprint density at radius 1 is 0.506 bits per heavy atom. The molecule has 81 heavy (non-hydrogen) atoms. The highest BCUT2D eigenvalue weighted by Crippen LogP contribution is 2.61. The molecule has 8 aliphatic carbocycles. The number of halogens is 5. The number of alkyl halides is 5. The number of rotatable bonds is 13. The zero-order valence-electron chi connectivity index (χ0n) is 45.3. The van der Waals surface area contributed by atoms with E-state index in [4.69, 9.17) is 9.29 Å². The van der Waals surface area contributed by atoms with Crippen molar-refractivity contribution in [3.63, 3.8) is 0 Å². The molecule has 8 saturated carbocycles. The highest BCUT2D eigenvalue weighted by molar-refractivity contribution is 7.97. The number of carbonyl (C=O) groups excluding carboxylic acids is 3. The average molecular weight is 1170 g/mol. The van der Waals surface area contributed by atoms with E-state index < -0.39 is 62.9 Å². The van der Waals surface area contributed by atoms with Crippen LogP contribution in [0.5, 0.6) is 0 Å². The molecule has 4 unspecified atom stereocenters. The maximum absolute atomic E-state index is 13.2. The number of benzene rings is 6. The Kier molecular flexibility index (Phi) is 18.7. The molecule has 428 valence electrons. The van der Waals surface area contributed by atoms with E-state index >= 15 is 0 Å². The fraction of sp³-hybridized carbons (Fsp3) is 0.400. The first kappa shape index (κ1) is 59.8. The van der Waals surface area contributed by atoms with Crippen molar-refractivity contribution in [2.24, 2.45) is 46.3 Å². The van der Waals surface area contributed by atoms with Crippen LogP contribution in [0, 0.1) is 46.3 Å². The minimum atomic E-state index is -5.03. The predicted octanol–water partition coefficient (Wildman–Crippen LogP) is 15.1. The van der Waals surface area contributed by atoms with Crippen molar-refractivity contribution in [3.05, 3.63) is 182 Å². The summed E-state index contributed by atoms with van der Waals surface area (Å²) in [6.07, 6.45) is -1.23. The SMILES string of the molecule is CC(OC(=O)C12CC3CC(C1)C(=O)C(C3)C2)C(C)(F)F.O=C(OC(CS(=O)(=O)O)C(F)(F)F)C12CC3CC(CC(C3)C1)C2.c1ccc([S+](c2ccccc2)c2ccccc2)cc1.c1ccc([S+](c2ccccc2)c2ccccc2)cc1. The van der Waals surface area contributed by atoms with Crippen LogP contribution < -0.4 is 0 Å². The van der Waals surface area contributed by atoms with Gasteiger partial charge in [0.15, 0.2) is 35.5 Å². The molecule has 1 N–H and O–H groups in total. The molecule has 0 amide bonds. The summed E-state index contributed by atoms with van der Waals surface area (Å²) < 4.78 is 105. The normalized spacial score (nSPS) is 25.7. The first-order valence-corrected chi connectivity index (χ1v) is 31.8. The third-order valence-electron chi connectivity index (χ3n) is 16.7. The molecule has 8 fully saturated rings. The summed E-state index contributed by atoms with van der Waals surface area (Å²) in [6.45, 7) is 1.98. The van der Waals surface area contributed by atoms with Gasteiger partial charge < -0.3 is 9.47 Å². The van der Waals surface area contributed by atoms with Gasteiger partial charge in [0.2, 0.25) is 6.10 Å². The Bertz CT molecular complexity index is 2790. The van der Waals surface area contributed by atoms with Crippen LogP contribution in [0.15, 0.2) is 211 Å². The quantitative estimate of drug-likeness (QED) is 0.0525. The molecule has 0 spiro atoms. The molecule has 14 rings (SSSR count). The standard InChI is InChI=1S/2C18H15S.C15H20F2O3.C14H19F3O5S/c2*1-4-10-16(11-5-1)19(17-12-6-2-7-13-17)18-14-8-3-9-15-18;1-8(14(2,16)17)20-13(19)15-5-9-3-10(6-15)12(18)11(4-9)7-15;15-14(16,17)11(7-23(19,20)21)22-12(18)13-4-8-1-9(5-13)3-10(2-8)6-13/h2*1-15H;8-11H,3-7H2,1-2H3;8-11H,1-7H2,(H,19,20,21)/q2*+1;;. The number of Topliss-reactive ketones (excluding diaryl/α,β-unsaturated/α-hetero) is 1. The van der Waals surface area contributed by atoms with Crippen LogP contribution in [0.2, 0.25) is 0 Å². The number of ether oxygens (including phenoxy) is 2. The Morgan fingerprint density at radius 2 is 0.778 bits per heavy atom. The van der Waals surface area contributed by atoms with Crippen LogP contribution in [0.4, 0.5) is 22.0 Å². The van der Waals surface area contributed by atoms with Gasteiger partial charge in [-0.05, 0) is 174 Å². The monoisotopic (exact) mass is 1170 g/mol. The van der Waals surface area contributed by atoms with E-state index in [2.05, 4.69) is 187 Å². The van der Waals surface area contributed by atoms with Crippen LogP contribution in [-0.4, -0.2) is 60.8 Å². The van der Waals surface area contributed by atoms with Gasteiger partial charge in [-0.3, -0.25) is 18.9 Å². The topological polar surface area (TPSA) is 124 Å². The third-order valence-corrected chi connectivity index (χ3v) is 21.9. The number of esters is 2. The van der Waals surface area contributed by atoms with E-state index in [9.17, 15) is 44.8 Å². The Morgan fingerprint density at radius 3 is 1.05 bits per heavy atom. The second kappa shape index (κ2) is 25.4. The number of ketones is 1. The summed E-state index contributed by atoms with van der Waals surface area (Å²) >= 11 is 0. The van der Waals surface area contributed by atoms with Gasteiger partial charge in [0.1, 0.15) is 11.5 Å². The van der Waals surface area contributed by atoms with E-state index in [-0.39, 0.29) is 39.4 Å². The van der Waals surface area contributed by atoms with Crippen molar-refractivity contribution in [3.8, 4) is 0 Å². The lowest BCUT2D eigenvalue weighted by atomic mass is 9.49. The van der Waals surface area contributed by atoms with Crippen molar-refractivity contribution in [1.29, 1.82) is 0 Å². The molecule has 4 atom stereocenters. The molecule has 16 heteroatoms. The molecule has 0 aliphatic heterocycles. The second-order valence-corrected chi connectivity index (χ2v) is 28.5. The molecule has 0 radical (unpaired) electrons. The van der Waals surface area contributed by atoms with Gasteiger partial charge in [0.05, 0.1) is 32.6 Å². The molecular formula is C65H69F5O8S3+2. The average Bonchev–Trinajstić information content (AvgIpc) is 3.63. The predicted molar refractivity (Wildman–Crippen MR) is 303 cm³/mol. The molecular weight excluding hydrogens is 1100 g/mol. The van der Waals surface area contributed by atoms with E-state index in [0.717, 1.165) is 39.0 Å². The Labute approximate surface area is 478 Å². The zero-order valence-corrected chi connectivity index (χ0v) is 47.8. The van der Waals surface area contributed by atoms with Gasteiger partial charge >= 0.3 is 18.1 Å². The van der Waals surface area contributed by atoms with Gasteiger partial charge in [-0.25, -0.2) is 8.78 Å². The van der Waals surface area contributed by atoms with Crippen molar-refractivity contribution in [2.45, 2.75) is 138 Å². The minimum absolute atomic E-state index is 0.0146. The van der Waals surface area contributed by atoms with Crippen molar-refractivity contribution in [2.75, 3.05) is 5.75 Å². The van der Waals surface area contributed by atoms with Crippen LogP contribution in [0.1, 0.15) is 84.5 Å². The summed E-state index contributed by atoms with van der Waals surface area (Å²) in [7, 11) is -4.93. The molecule has 8 aliphatic rings. The van der Waals surface area contributed by atoms with E-state index in [1.165, 1.54) is 36.3 Å². The van der Waals surface area contributed by atoms with Gasteiger partial charge in [0.25, 0.3) is 16.0 Å². The van der Waals surface area contributed by atoms with E-state index in [0.29, 0.717) is 62.2 Å². The summed E-state index contributed by atoms with van der Waals surface area (Å²) in [5.74, 6) is -4.56. The summed E-state index contributed by atoms with van der Waals surface area (Å²) in [5, 5.41) is 0. The van der Waals surface area contributed by atoms with Gasteiger partial charge in [-0.2, -0.15) is 21.6 Å². The smallest absolute Gasteiger partial charge is 0.426 e. The van der Waals surface area contributed by atoms with Crippen molar-refractivity contribution < 1.29 is 58.8 Å². The lowest BCUT2D eigenvalue weighted by Crippen LogP contribution is -2.55. The largest absolute Gasteiger partial charge is 0.456 e. The van der Waals surface area contributed by atoms with Crippen LogP contribution in [0.3, 0.4) is 0 Å². The molecule has 8 nitrogen and oxygen atoms in total. The first-order chi connectivity index (χ1) is 38.6. The second-order valence-electron chi connectivity index (χ2n) is 22.9. The Balaban J connectivity index is 0.000000131. The third kappa shape index (κ3) is 14.9. The molecule has 6 aromatic carbocycles. The molecule has 0 saturated heterocycles. The van der Waals surface area contributed by atoms with Crippen LogP contribution >= 0.6 is 0 Å². The molecule has 6 aromatic rings. The fourth-order valence-electron chi connectivity index (χ4n) is 13.5. The summed E-state index contributed by atoms with van der Waals surface area (Å²) in [4.78, 5) is 45.0. The number of hydrogen-bond acceptors (Lipinski definition) is 7. The molecule has 0 aromatic heterocycles. The van der Waals surface area contributed by atoms with Gasteiger partial charge in [-0.15, -0.1) is 0 Å². The van der Waals surface area contributed by atoms with Crippen LogP contribution in [0.25, 0.3) is 0 Å². The van der Waals surface area contributed by atoms with Gasteiger partial charge in [0, 0.05) is 18.8 Å². The Hall–Kier alpha value is -5.81. The van der Waals surface area contributed by atoms with E-state index in [1.807, 2.05) is 0 Å². The zero-order chi connectivity index (χ0) is 57.6. The fourth-order valence-corrected chi connectivity index (χ4v) is 18.4. The lowest BCUT2D eigenvalue weighted by molar-refractivity contribution is -0.226. The van der Waals surface area contributed by atoms with Crippen LogP contribution in [-0.2, 0) is 55.8 Å². The highest BCUT2D eigenvalue weighted by Gasteiger charge is 2.60. The van der Waals surface area contributed by atoms with E-state index in [1.54, 1.807) is 0 Å². The van der Waals surface area contributed by atoms with Crippen molar-refractivity contribution in [1.82, 2.24) is 0 Å². The highest BCUT2D eigenvalue weighted by atomic mass is 32.2. The summed E-state index contributed by atoms with van der Waals surface area (Å²) in [6, 6.07) is 64.3. The van der Waals surface area contributed by atoms with Gasteiger partial charge in [-0.1, -0.05) is 109 Å². The maximum Gasteiger partial charge on any atom is 0.426 e. The maximum atomic E-state index is 13.2. The number of carbonyl (C=O) groups is 3. The minimum Gasteiger partial charge on any atom is -0.456 e. The lowest BCUT2D eigenvalue weighted by Gasteiger charge is -2.55.